The van der Waals surface area contributed by atoms with Crippen LogP contribution in [0.5, 0.6) is 11.5 Å². The molecule has 0 radical (unpaired) electrons. The smallest absolute Gasteiger partial charge is 0.343 e. The third kappa shape index (κ3) is 4.41. The van der Waals surface area contributed by atoms with Gasteiger partial charge in [-0.1, -0.05) is 58.4 Å². The van der Waals surface area contributed by atoms with Gasteiger partial charge in [-0.05, 0) is 64.9 Å². The molecular weight excluding hydrogens is 416 g/mol. The van der Waals surface area contributed by atoms with Crippen molar-refractivity contribution in [1.82, 2.24) is 0 Å². The Morgan fingerprint density at radius 1 is 0.750 bits per heavy atom. The highest BCUT2D eigenvalue weighted by Gasteiger charge is 2.09. The Bertz CT molecular complexity index is 1100. The van der Waals surface area contributed by atoms with Crippen LogP contribution < -0.4 is 9.47 Å². The molecule has 3 nitrogen and oxygen atoms in total. The van der Waals surface area contributed by atoms with Gasteiger partial charge in [-0.25, -0.2) is 4.79 Å². The van der Waals surface area contributed by atoms with Crippen LogP contribution in [0.2, 0.25) is 0 Å². The second kappa shape index (κ2) is 8.28. The van der Waals surface area contributed by atoms with E-state index in [1.165, 1.54) is 0 Å². The third-order valence-corrected chi connectivity index (χ3v) is 4.87. The molecule has 0 saturated carbocycles. The zero-order valence-electron chi connectivity index (χ0n) is 15.0. The number of hydrogen-bond donors (Lipinski definition) is 0. The molecule has 0 aromatic heterocycles. The van der Waals surface area contributed by atoms with Gasteiger partial charge in [0.25, 0.3) is 0 Å². The summed E-state index contributed by atoms with van der Waals surface area (Å²) in [6.07, 6.45) is 0. The van der Waals surface area contributed by atoms with Gasteiger partial charge >= 0.3 is 5.97 Å². The van der Waals surface area contributed by atoms with Crippen molar-refractivity contribution < 1.29 is 14.3 Å². The number of carbonyl (C=O) groups excluding carboxylic acids is 1. The number of fused-ring (bicyclic) bond motifs is 1. The molecule has 0 fully saturated rings. The first-order valence-electron chi connectivity index (χ1n) is 8.86. The first kappa shape index (κ1) is 18.3. The molecule has 4 aromatic carbocycles. The Morgan fingerprint density at radius 2 is 1.43 bits per heavy atom. The lowest BCUT2D eigenvalue weighted by molar-refractivity contribution is 0.0735. The Hall–Kier alpha value is -3.11. The lowest BCUT2D eigenvalue weighted by Gasteiger charge is -2.08. The number of ether oxygens (including phenoxy) is 2. The van der Waals surface area contributed by atoms with Crippen LogP contribution in [0.3, 0.4) is 0 Å². The van der Waals surface area contributed by atoms with E-state index in [1.807, 2.05) is 72.8 Å². The molecule has 0 amide bonds. The van der Waals surface area contributed by atoms with Gasteiger partial charge in [-0.2, -0.15) is 0 Å². The van der Waals surface area contributed by atoms with Gasteiger partial charge in [0.15, 0.2) is 0 Å². The molecular formula is C24H17BrO3. The van der Waals surface area contributed by atoms with E-state index in [0.717, 1.165) is 26.6 Å². The van der Waals surface area contributed by atoms with Gasteiger partial charge in [0, 0.05) is 4.47 Å². The van der Waals surface area contributed by atoms with E-state index in [0.29, 0.717) is 17.9 Å². The summed E-state index contributed by atoms with van der Waals surface area (Å²) < 4.78 is 12.3. The average molecular weight is 433 g/mol. The molecule has 28 heavy (non-hydrogen) atoms. The molecule has 0 bridgehead atoms. The largest absolute Gasteiger partial charge is 0.489 e. The summed E-state index contributed by atoms with van der Waals surface area (Å²) in [6.45, 7) is 0.432. The SMILES string of the molecule is O=C(Oc1ccc2ccccc2c1)c1ccc(COc2ccc(Br)cc2)cc1. The van der Waals surface area contributed by atoms with Gasteiger partial charge in [-0.15, -0.1) is 0 Å². The summed E-state index contributed by atoms with van der Waals surface area (Å²) in [5.41, 5.74) is 1.48. The molecule has 138 valence electrons. The predicted molar refractivity (Wildman–Crippen MR) is 114 cm³/mol. The molecule has 0 aliphatic carbocycles. The summed E-state index contributed by atoms with van der Waals surface area (Å²) in [4.78, 5) is 12.4. The monoisotopic (exact) mass is 432 g/mol. The van der Waals surface area contributed by atoms with E-state index < -0.39 is 0 Å². The molecule has 0 N–H and O–H groups in total. The first-order valence-corrected chi connectivity index (χ1v) is 9.65. The van der Waals surface area contributed by atoms with Gasteiger partial charge in [0.05, 0.1) is 5.56 Å². The molecule has 0 atom stereocenters. The maximum absolute atomic E-state index is 12.4. The molecule has 0 spiro atoms. The van der Waals surface area contributed by atoms with Crippen LogP contribution >= 0.6 is 15.9 Å². The van der Waals surface area contributed by atoms with Gasteiger partial charge < -0.3 is 9.47 Å². The summed E-state index contributed by atoms with van der Waals surface area (Å²) in [5, 5.41) is 2.14. The third-order valence-electron chi connectivity index (χ3n) is 4.34. The van der Waals surface area contributed by atoms with E-state index in [9.17, 15) is 4.79 Å². The molecule has 4 heteroatoms. The molecule has 4 rings (SSSR count). The van der Waals surface area contributed by atoms with Crippen LogP contribution in [0.4, 0.5) is 0 Å². The molecule has 0 heterocycles. The normalized spacial score (nSPS) is 10.6. The number of esters is 1. The van der Waals surface area contributed by atoms with Crippen molar-refractivity contribution in [2.75, 3.05) is 0 Å². The number of benzene rings is 4. The second-order valence-corrected chi connectivity index (χ2v) is 7.25. The number of rotatable bonds is 5. The molecule has 0 aliphatic rings. The van der Waals surface area contributed by atoms with Crippen LogP contribution in [0.1, 0.15) is 15.9 Å². The molecule has 4 aromatic rings. The van der Waals surface area contributed by atoms with E-state index in [1.54, 1.807) is 18.2 Å². The highest BCUT2D eigenvalue weighted by Crippen LogP contribution is 2.22. The van der Waals surface area contributed by atoms with Crippen molar-refractivity contribution in [3.05, 3.63) is 107 Å². The fourth-order valence-corrected chi connectivity index (χ4v) is 3.10. The highest BCUT2D eigenvalue weighted by molar-refractivity contribution is 9.10. The Labute approximate surface area is 171 Å². The van der Waals surface area contributed by atoms with E-state index in [2.05, 4.69) is 15.9 Å². The Morgan fingerprint density at radius 3 is 2.18 bits per heavy atom. The summed E-state index contributed by atoms with van der Waals surface area (Å²) in [7, 11) is 0. The maximum atomic E-state index is 12.4. The number of carbonyl (C=O) groups is 1. The van der Waals surface area contributed by atoms with E-state index >= 15 is 0 Å². The zero-order valence-corrected chi connectivity index (χ0v) is 16.6. The second-order valence-electron chi connectivity index (χ2n) is 6.34. The Kier molecular flexibility index (Phi) is 5.40. The summed E-state index contributed by atoms with van der Waals surface area (Å²) in [5.74, 6) is 0.949. The van der Waals surface area contributed by atoms with Crippen molar-refractivity contribution in [3.8, 4) is 11.5 Å². The fraction of sp³-hybridized carbons (Fsp3) is 0.0417. The topological polar surface area (TPSA) is 35.5 Å². The fourth-order valence-electron chi connectivity index (χ4n) is 2.83. The Balaban J connectivity index is 1.39. The molecule has 0 saturated heterocycles. The summed E-state index contributed by atoms with van der Waals surface area (Å²) >= 11 is 3.40. The minimum Gasteiger partial charge on any atom is -0.489 e. The van der Waals surface area contributed by atoms with Gasteiger partial charge in [0.2, 0.25) is 0 Å². The first-order chi connectivity index (χ1) is 13.7. The van der Waals surface area contributed by atoms with Crippen LogP contribution in [-0.4, -0.2) is 5.97 Å². The average Bonchev–Trinajstić information content (AvgIpc) is 2.73. The van der Waals surface area contributed by atoms with E-state index in [-0.39, 0.29) is 5.97 Å². The van der Waals surface area contributed by atoms with Crippen LogP contribution in [-0.2, 0) is 6.61 Å². The minimum atomic E-state index is -0.379. The van der Waals surface area contributed by atoms with Gasteiger partial charge in [0.1, 0.15) is 18.1 Å². The molecule has 0 aliphatic heterocycles. The van der Waals surface area contributed by atoms with E-state index in [4.69, 9.17) is 9.47 Å². The predicted octanol–water partition coefficient (Wildman–Crippen LogP) is 6.40. The van der Waals surface area contributed by atoms with Crippen LogP contribution in [0.15, 0.2) is 95.5 Å². The number of halogens is 1. The van der Waals surface area contributed by atoms with Gasteiger partial charge in [-0.3, -0.25) is 0 Å². The maximum Gasteiger partial charge on any atom is 0.343 e. The zero-order chi connectivity index (χ0) is 19.3. The highest BCUT2D eigenvalue weighted by atomic mass is 79.9. The lowest BCUT2D eigenvalue weighted by atomic mass is 10.1. The quantitative estimate of drug-likeness (QED) is 0.270. The van der Waals surface area contributed by atoms with Crippen molar-refractivity contribution in [2.24, 2.45) is 0 Å². The standard InChI is InChI=1S/C24H17BrO3/c25-21-10-13-22(14-11-21)27-16-17-5-7-19(8-6-17)24(26)28-23-12-9-18-3-1-2-4-20(18)15-23/h1-15H,16H2. The van der Waals surface area contributed by atoms with Crippen molar-refractivity contribution in [2.45, 2.75) is 6.61 Å². The summed E-state index contributed by atoms with van der Waals surface area (Å²) in [6, 6.07) is 28.5. The van der Waals surface area contributed by atoms with Crippen molar-refractivity contribution >= 4 is 32.7 Å². The lowest BCUT2D eigenvalue weighted by Crippen LogP contribution is -2.08. The molecule has 0 unspecified atom stereocenters. The van der Waals surface area contributed by atoms with Crippen LogP contribution in [0, 0.1) is 0 Å². The van der Waals surface area contributed by atoms with Crippen LogP contribution in [0.25, 0.3) is 10.8 Å². The number of hydrogen-bond acceptors (Lipinski definition) is 3. The minimum absolute atomic E-state index is 0.379. The van der Waals surface area contributed by atoms with Crippen molar-refractivity contribution in [1.29, 1.82) is 0 Å². The van der Waals surface area contributed by atoms with Crippen molar-refractivity contribution in [3.63, 3.8) is 0 Å².